The zero-order valence-corrected chi connectivity index (χ0v) is 10.8. The van der Waals surface area contributed by atoms with Crippen LogP contribution in [0.3, 0.4) is 0 Å². The highest BCUT2D eigenvalue weighted by Gasteiger charge is 2.30. The van der Waals surface area contributed by atoms with E-state index in [0.29, 0.717) is 11.3 Å². The number of hydrogen-bond acceptors (Lipinski definition) is 3. The second-order valence-electron chi connectivity index (χ2n) is 5.11. The highest BCUT2D eigenvalue weighted by molar-refractivity contribution is 5.95. The van der Waals surface area contributed by atoms with Gasteiger partial charge in [-0.2, -0.15) is 0 Å². The Morgan fingerprint density at radius 2 is 2.06 bits per heavy atom. The number of carbonyl (C=O) groups is 1. The summed E-state index contributed by atoms with van der Waals surface area (Å²) in [6, 6.07) is 4.69. The van der Waals surface area contributed by atoms with Gasteiger partial charge in [-0.1, -0.05) is 12.8 Å². The molecule has 0 radical (unpaired) electrons. The number of phenolic OH excluding ortho intramolecular Hbond substituents is 1. The topological polar surface area (TPSA) is 58.6 Å². The van der Waals surface area contributed by atoms with Crippen LogP contribution in [-0.2, 0) is 0 Å². The summed E-state index contributed by atoms with van der Waals surface area (Å²) in [5, 5.41) is 12.7. The van der Waals surface area contributed by atoms with Gasteiger partial charge in [0.25, 0.3) is 5.91 Å². The third-order valence-corrected chi connectivity index (χ3v) is 3.56. The molecule has 1 aromatic rings. The largest absolute Gasteiger partial charge is 0.504 e. The summed E-state index contributed by atoms with van der Waals surface area (Å²) in [6.45, 7) is 2.07. The van der Waals surface area contributed by atoms with Gasteiger partial charge in [0.2, 0.25) is 0 Å². The van der Waals surface area contributed by atoms with Crippen LogP contribution in [0.5, 0.6) is 11.5 Å². The summed E-state index contributed by atoms with van der Waals surface area (Å²) < 4.78 is 4.95. The van der Waals surface area contributed by atoms with Gasteiger partial charge in [0, 0.05) is 11.1 Å². The Morgan fingerprint density at radius 1 is 1.39 bits per heavy atom. The zero-order valence-electron chi connectivity index (χ0n) is 10.8. The Bertz CT molecular complexity index is 450. The number of rotatable bonds is 3. The maximum Gasteiger partial charge on any atom is 0.251 e. The second kappa shape index (κ2) is 4.88. The molecule has 1 aliphatic carbocycles. The number of amides is 1. The average molecular weight is 249 g/mol. The molecule has 0 atom stereocenters. The maximum atomic E-state index is 12.1. The third kappa shape index (κ3) is 2.58. The number of benzene rings is 1. The van der Waals surface area contributed by atoms with Crippen molar-refractivity contribution in [3.8, 4) is 11.5 Å². The third-order valence-electron chi connectivity index (χ3n) is 3.56. The van der Waals surface area contributed by atoms with Crippen LogP contribution >= 0.6 is 0 Å². The summed E-state index contributed by atoms with van der Waals surface area (Å²) in [7, 11) is 1.48. The smallest absolute Gasteiger partial charge is 0.251 e. The lowest BCUT2D eigenvalue weighted by molar-refractivity contribution is 0.0907. The van der Waals surface area contributed by atoms with Crippen LogP contribution in [0.4, 0.5) is 0 Å². The quantitative estimate of drug-likeness (QED) is 0.865. The Hall–Kier alpha value is -1.71. The number of ether oxygens (including phenoxy) is 1. The zero-order chi connectivity index (χ0) is 13.2. The van der Waals surface area contributed by atoms with Crippen LogP contribution in [0.1, 0.15) is 43.0 Å². The number of aromatic hydroxyl groups is 1. The van der Waals surface area contributed by atoms with E-state index in [9.17, 15) is 9.90 Å². The summed E-state index contributed by atoms with van der Waals surface area (Å²) in [4.78, 5) is 12.1. The van der Waals surface area contributed by atoms with Crippen LogP contribution in [-0.4, -0.2) is 23.7 Å². The van der Waals surface area contributed by atoms with Crippen LogP contribution in [0, 0.1) is 0 Å². The van der Waals surface area contributed by atoms with E-state index in [1.165, 1.54) is 13.2 Å². The molecule has 0 spiro atoms. The molecule has 4 nitrogen and oxygen atoms in total. The summed E-state index contributed by atoms with van der Waals surface area (Å²) >= 11 is 0. The molecule has 0 unspecified atom stereocenters. The maximum absolute atomic E-state index is 12.1. The highest BCUT2D eigenvalue weighted by Crippen LogP contribution is 2.30. The predicted molar refractivity (Wildman–Crippen MR) is 69.0 cm³/mol. The first-order valence-electron chi connectivity index (χ1n) is 6.24. The molecule has 1 amide bonds. The molecule has 0 aromatic heterocycles. The summed E-state index contributed by atoms with van der Waals surface area (Å²) in [6.07, 6.45) is 4.34. The molecule has 0 bridgehead atoms. The molecule has 2 rings (SSSR count). The predicted octanol–water partition coefficient (Wildman–Crippen LogP) is 2.46. The van der Waals surface area contributed by atoms with Crippen molar-refractivity contribution >= 4 is 5.91 Å². The van der Waals surface area contributed by atoms with E-state index in [2.05, 4.69) is 12.2 Å². The number of carbonyl (C=O) groups excluding carboxylic acids is 1. The molecule has 98 valence electrons. The van der Waals surface area contributed by atoms with Crippen LogP contribution < -0.4 is 10.1 Å². The van der Waals surface area contributed by atoms with Gasteiger partial charge in [-0.05, 0) is 38.0 Å². The monoisotopic (exact) mass is 249 g/mol. The Morgan fingerprint density at radius 3 is 2.61 bits per heavy atom. The van der Waals surface area contributed by atoms with Crippen LogP contribution in [0.2, 0.25) is 0 Å². The van der Waals surface area contributed by atoms with Crippen molar-refractivity contribution in [2.75, 3.05) is 7.11 Å². The fourth-order valence-electron chi connectivity index (χ4n) is 2.46. The summed E-state index contributed by atoms with van der Waals surface area (Å²) in [5.74, 6) is 0.220. The Balaban J connectivity index is 2.11. The van der Waals surface area contributed by atoms with Gasteiger partial charge >= 0.3 is 0 Å². The van der Waals surface area contributed by atoms with Crippen molar-refractivity contribution in [3.63, 3.8) is 0 Å². The van der Waals surface area contributed by atoms with E-state index < -0.39 is 0 Å². The van der Waals surface area contributed by atoms with Gasteiger partial charge in [0.1, 0.15) is 0 Å². The molecule has 0 aliphatic heterocycles. The number of phenols is 1. The first-order valence-corrected chi connectivity index (χ1v) is 6.24. The van der Waals surface area contributed by atoms with Gasteiger partial charge in [0.05, 0.1) is 7.11 Å². The minimum Gasteiger partial charge on any atom is -0.504 e. The molecule has 4 heteroatoms. The molecular weight excluding hydrogens is 230 g/mol. The van der Waals surface area contributed by atoms with Crippen LogP contribution in [0.25, 0.3) is 0 Å². The molecule has 1 saturated carbocycles. The van der Waals surface area contributed by atoms with Crippen molar-refractivity contribution in [3.05, 3.63) is 23.8 Å². The van der Waals surface area contributed by atoms with Gasteiger partial charge in [-0.3, -0.25) is 4.79 Å². The van der Waals surface area contributed by atoms with Crippen molar-refractivity contribution in [2.45, 2.75) is 38.1 Å². The van der Waals surface area contributed by atoms with Gasteiger partial charge < -0.3 is 15.2 Å². The van der Waals surface area contributed by atoms with E-state index >= 15 is 0 Å². The number of nitrogens with one attached hydrogen (secondary N) is 1. The molecular formula is C14H19NO3. The molecule has 0 saturated heterocycles. The van der Waals surface area contributed by atoms with E-state index in [1.54, 1.807) is 12.1 Å². The van der Waals surface area contributed by atoms with Gasteiger partial charge in [-0.25, -0.2) is 0 Å². The lowest BCUT2D eigenvalue weighted by atomic mass is 10.00. The van der Waals surface area contributed by atoms with E-state index in [-0.39, 0.29) is 17.2 Å². The van der Waals surface area contributed by atoms with E-state index in [0.717, 1.165) is 25.7 Å². The average Bonchev–Trinajstić information content (AvgIpc) is 2.75. The normalized spacial score (nSPS) is 17.4. The van der Waals surface area contributed by atoms with E-state index in [1.807, 2.05) is 0 Å². The first-order chi connectivity index (χ1) is 8.54. The minimum absolute atomic E-state index is 0.0123. The molecule has 1 aliphatic rings. The van der Waals surface area contributed by atoms with Gasteiger partial charge in [0.15, 0.2) is 11.5 Å². The Labute approximate surface area is 107 Å². The molecule has 1 aromatic carbocycles. The van der Waals surface area contributed by atoms with Crippen LogP contribution in [0.15, 0.2) is 18.2 Å². The minimum atomic E-state index is -0.141. The lowest BCUT2D eigenvalue weighted by Gasteiger charge is -2.25. The second-order valence-corrected chi connectivity index (χ2v) is 5.11. The standard InChI is InChI=1S/C14H19NO3/c1-14(7-3-4-8-14)15-13(17)10-5-6-12(18-2)11(16)9-10/h5-6,9,16H,3-4,7-8H2,1-2H3,(H,15,17). The van der Waals surface area contributed by atoms with Crippen molar-refractivity contribution in [2.24, 2.45) is 0 Å². The molecule has 0 heterocycles. The van der Waals surface area contributed by atoms with Crippen molar-refractivity contribution in [1.29, 1.82) is 0 Å². The molecule has 18 heavy (non-hydrogen) atoms. The molecule has 2 N–H and O–H groups in total. The summed E-state index contributed by atoms with van der Waals surface area (Å²) in [5.41, 5.74) is 0.355. The van der Waals surface area contributed by atoms with E-state index in [4.69, 9.17) is 4.74 Å². The SMILES string of the molecule is COc1ccc(C(=O)NC2(C)CCCC2)cc1O. The fraction of sp³-hybridized carbons (Fsp3) is 0.500. The highest BCUT2D eigenvalue weighted by atomic mass is 16.5. The molecule has 1 fully saturated rings. The lowest BCUT2D eigenvalue weighted by Crippen LogP contribution is -2.43. The van der Waals surface area contributed by atoms with Crippen molar-refractivity contribution in [1.82, 2.24) is 5.32 Å². The first kappa shape index (κ1) is 12.7. The number of methoxy groups -OCH3 is 1. The van der Waals surface area contributed by atoms with Gasteiger partial charge in [-0.15, -0.1) is 0 Å². The Kier molecular flexibility index (Phi) is 3.45. The number of hydrogen-bond donors (Lipinski definition) is 2. The fourth-order valence-corrected chi connectivity index (χ4v) is 2.46. The van der Waals surface area contributed by atoms with Crippen molar-refractivity contribution < 1.29 is 14.6 Å².